The molecular formula is C20H19F3N2O4. The van der Waals surface area contributed by atoms with E-state index in [0.29, 0.717) is 5.56 Å². The van der Waals surface area contributed by atoms with Gasteiger partial charge in [0.05, 0.1) is 13.2 Å². The molecule has 0 aliphatic carbocycles. The van der Waals surface area contributed by atoms with E-state index >= 15 is 0 Å². The standard InChI is InChI=1S/C20H19F3N2O4/c1-2-29-19(28)16-11-24(9-13-3-5-14(21)6-4-13)10-15(17(16)26)18(27)25-8-7-20(22,23)12-25/h3-6,10-11H,2,7-9,12H2,1H3. The number of hydrogen-bond acceptors (Lipinski definition) is 4. The molecule has 3 rings (SSSR count). The van der Waals surface area contributed by atoms with Crippen LogP contribution in [0, 0.1) is 5.82 Å². The third-order valence-corrected chi connectivity index (χ3v) is 4.54. The maximum Gasteiger partial charge on any atom is 0.343 e. The summed E-state index contributed by atoms with van der Waals surface area (Å²) >= 11 is 0. The molecule has 1 aromatic heterocycles. The second-order valence-corrected chi connectivity index (χ2v) is 6.77. The van der Waals surface area contributed by atoms with Gasteiger partial charge in [-0.25, -0.2) is 18.0 Å². The number of amides is 1. The van der Waals surface area contributed by atoms with Crippen LogP contribution in [0.4, 0.5) is 13.2 Å². The lowest BCUT2D eigenvalue weighted by Crippen LogP contribution is -2.36. The zero-order chi connectivity index (χ0) is 21.2. The second-order valence-electron chi connectivity index (χ2n) is 6.77. The van der Waals surface area contributed by atoms with E-state index in [1.54, 1.807) is 6.92 Å². The molecule has 2 heterocycles. The van der Waals surface area contributed by atoms with Crippen LogP contribution in [-0.2, 0) is 11.3 Å². The molecule has 1 aliphatic heterocycles. The van der Waals surface area contributed by atoms with Gasteiger partial charge in [0.1, 0.15) is 16.9 Å². The minimum Gasteiger partial charge on any atom is -0.462 e. The normalized spacial score (nSPS) is 15.4. The molecule has 1 aliphatic rings. The summed E-state index contributed by atoms with van der Waals surface area (Å²) in [6, 6.07) is 5.53. The molecular weight excluding hydrogens is 389 g/mol. The molecule has 0 bridgehead atoms. The van der Waals surface area contributed by atoms with Crippen LogP contribution >= 0.6 is 0 Å². The van der Waals surface area contributed by atoms with Crippen LogP contribution < -0.4 is 5.43 Å². The van der Waals surface area contributed by atoms with Gasteiger partial charge in [0, 0.05) is 31.9 Å². The number of rotatable bonds is 5. The van der Waals surface area contributed by atoms with E-state index in [1.807, 2.05) is 0 Å². The highest BCUT2D eigenvalue weighted by molar-refractivity contribution is 5.97. The molecule has 0 spiro atoms. The van der Waals surface area contributed by atoms with Crippen molar-refractivity contribution in [1.82, 2.24) is 9.47 Å². The lowest BCUT2D eigenvalue weighted by atomic mass is 10.1. The summed E-state index contributed by atoms with van der Waals surface area (Å²) in [7, 11) is 0. The maximum absolute atomic E-state index is 13.5. The van der Waals surface area contributed by atoms with Gasteiger partial charge in [-0.05, 0) is 24.6 Å². The minimum absolute atomic E-state index is 0.0206. The molecule has 9 heteroatoms. The van der Waals surface area contributed by atoms with E-state index in [1.165, 1.54) is 41.2 Å². The van der Waals surface area contributed by atoms with Crippen LogP contribution in [0.15, 0.2) is 41.5 Å². The van der Waals surface area contributed by atoms with E-state index in [2.05, 4.69) is 0 Å². The first-order valence-corrected chi connectivity index (χ1v) is 9.03. The number of benzene rings is 1. The van der Waals surface area contributed by atoms with Crippen molar-refractivity contribution in [1.29, 1.82) is 0 Å². The molecule has 0 unspecified atom stereocenters. The monoisotopic (exact) mass is 408 g/mol. The molecule has 1 saturated heterocycles. The number of aromatic nitrogens is 1. The Labute approximate surface area is 164 Å². The first-order chi connectivity index (χ1) is 13.7. The van der Waals surface area contributed by atoms with Gasteiger partial charge in [0.25, 0.3) is 11.8 Å². The first kappa shape index (κ1) is 20.6. The zero-order valence-electron chi connectivity index (χ0n) is 15.7. The van der Waals surface area contributed by atoms with E-state index in [9.17, 15) is 27.6 Å². The summed E-state index contributed by atoms with van der Waals surface area (Å²) in [6.07, 6.45) is 1.96. The summed E-state index contributed by atoms with van der Waals surface area (Å²) in [5.41, 5.74) is -0.990. The molecule has 0 saturated carbocycles. The fourth-order valence-corrected chi connectivity index (χ4v) is 3.11. The Bertz CT molecular complexity index is 986. The van der Waals surface area contributed by atoms with Gasteiger partial charge >= 0.3 is 5.97 Å². The van der Waals surface area contributed by atoms with Crippen molar-refractivity contribution >= 4 is 11.9 Å². The fraction of sp³-hybridized carbons (Fsp3) is 0.350. The molecule has 0 atom stereocenters. The van der Waals surface area contributed by atoms with Gasteiger partial charge in [-0.2, -0.15) is 0 Å². The van der Waals surface area contributed by atoms with Crippen molar-refractivity contribution in [2.45, 2.75) is 25.8 Å². The SMILES string of the molecule is CCOC(=O)c1cn(Cc2ccc(F)cc2)cc(C(=O)N2CCC(F)(F)C2)c1=O. The number of ether oxygens (including phenoxy) is 1. The Hall–Kier alpha value is -3.10. The maximum atomic E-state index is 13.5. The molecule has 0 N–H and O–H groups in total. The molecule has 0 radical (unpaired) electrons. The van der Waals surface area contributed by atoms with Crippen molar-refractivity contribution < 1.29 is 27.5 Å². The van der Waals surface area contributed by atoms with E-state index in [-0.39, 0.29) is 25.3 Å². The van der Waals surface area contributed by atoms with Crippen LogP contribution in [0.3, 0.4) is 0 Å². The van der Waals surface area contributed by atoms with Crippen molar-refractivity contribution in [2.75, 3.05) is 19.7 Å². The predicted octanol–water partition coefficient (Wildman–Crippen LogP) is 2.69. The van der Waals surface area contributed by atoms with E-state index in [0.717, 1.165) is 4.90 Å². The highest BCUT2D eigenvalue weighted by atomic mass is 19.3. The van der Waals surface area contributed by atoms with Crippen LogP contribution in [-0.4, -0.2) is 47.0 Å². The number of pyridine rings is 1. The highest BCUT2D eigenvalue weighted by Crippen LogP contribution is 2.27. The molecule has 29 heavy (non-hydrogen) atoms. The Kier molecular flexibility index (Phi) is 5.76. The van der Waals surface area contributed by atoms with Gasteiger partial charge in [-0.3, -0.25) is 9.59 Å². The van der Waals surface area contributed by atoms with Crippen LogP contribution in [0.1, 0.15) is 39.6 Å². The number of carbonyl (C=O) groups is 2. The molecule has 1 fully saturated rings. The number of hydrogen-bond donors (Lipinski definition) is 0. The number of alkyl halides is 2. The summed E-state index contributed by atoms with van der Waals surface area (Å²) in [6.45, 7) is 0.742. The molecule has 6 nitrogen and oxygen atoms in total. The lowest BCUT2D eigenvalue weighted by Gasteiger charge is -2.17. The number of nitrogens with zero attached hydrogens (tertiary/aromatic N) is 2. The van der Waals surface area contributed by atoms with Crippen molar-refractivity contribution in [2.24, 2.45) is 0 Å². The highest BCUT2D eigenvalue weighted by Gasteiger charge is 2.41. The van der Waals surface area contributed by atoms with E-state index in [4.69, 9.17) is 4.74 Å². The van der Waals surface area contributed by atoms with Crippen molar-refractivity contribution in [3.05, 3.63) is 69.4 Å². The average molecular weight is 408 g/mol. The van der Waals surface area contributed by atoms with Gasteiger partial charge in [0.2, 0.25) is 5.43 Å². The van der Waals surface area contributed by atoms with Crippen molar-refractivity contribution in [3.8, 4) is 0 Å². The summed E-state index contributed by atoms with van der Waals surface area (Å²) in [5, 5.41) is 0. The van der Waals surface area contributed by atoms with Gasteiger partial charge in [-0.1, -0.05) is 12.1 Å². The van der Waals surface area contributed by atoms with Crippen LogP contribution in [0.2, 0.25) is 0 Å². The van der Waals surface area contributed by atoms with E-state index < -0.39 is 47.6 Å². The number of carbonyl (C=O) groups excluding carboxylic acids is 2. The van der Waals surface area contributed by atoms with Crippen LogP contribution in [0.25, 0.3) is 0 Å². The number of esters is 1. The molecule has 154 valence electrons. The molecule has 1 aromatic carbocycles. The smallest absolute Gasteiger partial charge is 0.343 e. The zero-order valence-corrected chi connectivity index (χ0v) is 15.7. The van der Waals surface area contributed by atoms with Crippen molar-refractivity contribution in [3.63, 3.8) is 0 Å². The summed E-state index contributed by atoms with van der Waals surface area (Å²) < 4.78 is 46.4. The Balaban J connectivity index is 2.00. The minimum atomic E-state index is -3.01. The number of halogens is 3. The third-order valence-electron chi connectivity index (χ3n) is 4.54. The number of likely N-dealkylation sites (tertiary alicyclic amines) is 1. The Morgan fingerprint density at radius 2 is 1.79 bits per heavy atom. The summed E-state index contributed by atoms with van der Waals surface area (Å²) in [5.74, 6) is -5.22. The lowest BCUT2D eigenvalue weighted by molar-refractivity contribution is 0.0119. The van der Waals surface area contributed by atoms with Gasteiger partial charge < -0.3 is 14.2 Å². The molecule has 2 aromatic rings. The molecule has 1 amide bonds. The third kappa shape index (κ3) is 4.67. The predicted molar refractivity (Wildman–Crippen MR) is 97.6 cm³/mol. The fourth-order valence-electron chi connectivity index (χ4n) is 3.11. The van der Waals surface area contributed by atoms with Gasteiger partial charge in [-0.15, -0.1) is 0 Å². The Morgan fingerprint density at radius 1 is 1.14 bits per heavy atom. The Morgan fingerprint density at radius 3 is 2.38 bits per heavy atom. The average Bonchev–Trinajstić information content (AvgIpc) is 3.04. The quantitative estimate of drug-likeness (QED) is 0.714. The van der Waals surface area contributed by atoms with Crippen LogP contribution in [0.5, 0.6) is 0 Å². The first-order valence-electron chi connectivity index (χ1n) is 9.03. The second kappa shape index (κ2) is 8.10. The topological polar surface area (TPSA) is 68.6 Å². The summed E-state index contributed by atoms with van der Waals surface area (Å²) in [4.78, 5) is 38.5. The largest absolute Gasteiger partial charge is 0.462 e. The van der Waals surface area contributed by atoms with Gasteiger partial charge in [0.15, 0.2) is 0 Å².